The highest BCUT2D eigenvalue weighted by Gasteiger charge is 2.48. The lowest BCUT2D eigenvalue weighted by atomic mass is 9.87. The van der Waals surface area contributed by atoms with Gasteiger partial charge in [-0.1, -0.05) is 66.7 Å². The number of aromatic carboxylic acids is 1. The van der Waals surface area contributed by atoms with Crippen molar-refractivity contribution in [2.24, 2.45) is 0 Å². The molecular weight excluding hydrogens is 507 g/mol. The van der Waals surface area contributed by atoms with Crippen LogP contribution in [0.15, 0.2) is 97.2 Å². The summed E-state index contributed by atoms with van der Waals surface area (Å²) in [4.78, 5) is 15.6. The second-order valence-electron chi connectivity index (χ2n) is 8.16. The van der Waals surface area contributed by atoms with Gasteiger partial charge in [-0.2, -0.15) is 21.6 Å². The maximum absolute atomic E-state index is 12.7. The van der Waals surface area contributed by atoms with Crippen LogP contribution in [0.5, 0.6) is 5.75 Å². The molecular formula is C27H20F3NO5S. The average molecular weight is 528 g/mol. The number of benzene rings is 3. The van der Waals surface area contributed by atoms with Crippen LogP contribution in [0.25, 0.3) is 11.1 Å². The van der Waals surface area contributed by atoms with Gasteiger partial charge in [0, 0.05) is 11.6 Å². The Balaban J connectivity index is 1.71. The number of nitrogens with zero attached hydrogens (tertiary/aromatic N) is 1. The first-order valence-electron chi connectivity index (χ1n) is 11.0. The van der Waals surface area contributed by atoms with Crippen molar-refractivity contribution in [1.29, 1.82) is 0 Å². The average Bonchev–Trinajstić information content (AvgIpc) is 2.88. The van der Waals surface area contributed by atoms with Crippen LogP contribution in [-0.4, -0.2) is 30.0 Å². The van der Waals surface area contributed by atoms with Gasteiger partial charge in [0.1, 0.15) is 0 Å². The first-order valence-corrected chi connectivity index (χ1v) is 12.4. The van der Waals surface area contributed by atoms with E-state index in [1.54, 1.807) is 18.2 Å². The van der Waals surface area contributed by atoms with E-state index in [0.29, 0.717) is 17.7 Å². The Morgan fingerprint density at radius 2 is 1.57 bits per heavy atom. The van der Waals surface area contributed by atoms with E-state index >= 15 is 0 Å². The number of carboxylic acid groups (broad SMARTS) is 1. The lowest BCUT2D eigenvalue weighted by Crippen LogP contribution is -2.28. The highest BCUT2D eigenvalue weighted by molar-refractivity contribution is 7.88. The number of hydrogen-bond donors (Lipinski definition) is 1. The fourth-order valence-electron chi connectivity index (χ4n) is 3.83. The Kier molecular flexibility index (Phi) is 7.30. The third-order valence-electron chi connectivity index (χ3n) is 5.62. The predicted molar refractivity (Wildman–Crippen MR) is 131 cm³/mol. The van der Waals surface area contributed by atoms with E-state index in [2.05, 4.69) is 9.17 Å². The molecule has 1 N–H and O–H groups in total. The zero-order valence-corrected chi connectivity index (χ0v) is 19.9. The summed E-state index contributed by atoms with van der Waals surface area (Å²) in [6, 6.07) is 26.0. The minimum atomic E-state index is -5.81. The van der Waals surface area contributed by atoms with Gasteiger partial charge in [-0.15, -0.1) is 0 Å². The summed E-state index contributed by atoms with van der Waals surface area (Å²) < 4.78 is 64.8. The zero-order valence-electron chi connectivity index (χ0n) is 19.1. The van der Waals surface area contributed by atoms with Crippen molar-refractivity contribution in [3.8, 4) is 16.9 Å². The fourth-order valence-corrected chi connectivity index (χ4v) is 4.28. The van der Waals surface area contributed by atoms with Gasteiger partial charge in [-0.3, -0.25) is 4.98 Å². The monoisotopic (exact) mass is 527 g/mol. The topological polar surface area (TPSA) is 93.6 Å². The van der Waals surface area contributed by atoms with Gasteiger partial charge in [0.2, 0.25) is 0 Å². The minimum Gasteiger partial charge on any atom is -0.478 e. The number of carbonyl (C=O) groups is 1. The number of carboxylic acids is 1. The summed E-state index contributed by atoms with van der Waals surface area (Å²) in [5.74, 6) is -1.95. The molecule has 6 nitrogen and oxygen atoms in total. The lowest BCUT2D eigenvalue weighted by molar-refractivity contribution is -0.0500. The van der Waals surface area contributed by atoms with Crippen molar-refractivity contribution in [1.82, 2.24) is 4.98 Å². The molecule has 190 valence electrons. The molecule has 1 aromatic heterocycles. The van der Waals surface area contributed by atoms with E-state index in [-0.39, 0.29) is 11.5 Å². The Hall–Kier alpha value is -4.18. The van der Waals surface area contributed by atoms with E-state index in [0.717, 1.165) is 29.0 Å². The minimum absolute atomic E-state index is 0.148. The molecule has 0 saturated heterocycles. The molecule has 4 aromatic rings. The predicted octanol–water partition coefficient (Wildman–Crippen LogP) is 6.05. The van der Waals surface area contributed by atoms with Gasteiger partial charge in [-0.05, 0) is 52.9 Å². The molecule has 4 rings (SSSR count). The number of aromatic nitrogens is 1. The van der Waals surface area contributed by atoms with Crippen LogP contribution in [-0.2, 0) is 16.5 Å². The molecule has 0 aliphatic heterocycles. The summed E-state index contributed by atoms with van der Waals surface area (Å²) in [6.45, 7) is 0. The normalized spacial score (nSPS) is 12.6. The Morgan fingerprint density at radius 3 is 2.19 bits per heavy atom. The third kappa shape index (κ3) is 6.15. The molecule has 3 aromatic carbocycles. The number of hydrogen-bond acceptors (Lipinski definition) is 5. The highest BCUT2D eigenvalue weighted by Crippen LogP contribution is 2.32. The molecule has 1 unspecified atom stereocenters. The van der Waals surface area contributed by atoms with Crippen molar-refractivity contribution in [2.75, 3.05) is 0 Å². The van der Waals surface area contributed by atoms with Crippen LogP contribution in [0, 0.1) is 0 Å². The van der Waals surface area contributed by atoms with E-state index in [4.69, 9.17) is 0 Å². The van der Waals surface area contributed by atoms with Crippen LogP contribution in [0.4, 0.5) is 13.2 Å². The zero-order chi connectivity index (χ0) is 26.6. The maximum atomic E-state index is 12.7. The van der Waals surface area contributed by atoms with Crippen LogP contribution in [0.2, 0.25) is 0 Å². The smallest absolute Gasteiger partial charge is 0.478 e. The van der Waals surface area contributed by atoms with Crippen LogP contribution < -0.4 is 4.18 Å². The summed E-state index contributed by atoms with van der Waals surface area (Å²) in [5.41, 5.74) is -1.64. The number of rotatable bonds is 8. The lowest BCUT2D eigenvalue weighted by Gasteiger charge is -2.19. The number of pyridine rings is 1. The Labute approximate surface area is 211 Å². The molecule has 0 amide bonds. The molecule has 0 spiro atoms. The van der Waals surface area contributed by atoms with Gasteiger partial charge in [-0.25, -0.2) is 4.79 Å². The molecule has 1 heterocycles. The van der Waals surface area contributed by atoms with Crippen LogP contribution in [0.1, 0.15) is 33.1 Å². The van der Waals surface area contributed by atoms with Crippen molar-refractivity contribution in [3.05, 3.63) is 120 Å². The van der Waals surface area contributed by atoms with Crippen molar-refractivity contribution >= 4 is 16.1 Å². The molecule has 0 radical (unpaired) electrons. The number of halogens is 3. The molecule has 0 saturated carbocycles. The van der Waals surface area contributed by atoms with Crippen LogP contribution >= 0.6 is 0 Å². The first kappa shape index (κ1) is 25.9. The summed E-state index contributed by atoms with van der Waals surface area (Å²) >= 11 is 0. The summed E-state index contributed by atoms with van der Waals surface area (Å²) in [6.07, 6.45) is 1.43. The van der Waals surface area contributed by atoms with Crippen LogP contribution in [0.3, 0.4) is 0 Å². The van der Waals surface area contributed by atoms with Crippen molar-refractivity contribution in [3.63, 3.8) is 0 Å². The van der Waals surface area contributed by atoms with Crippen molar-refractivity contribution < 1.29 is 35.7 Å². The fraction of sp³-hybridized carbons (Fsp3) is 0.111. The molecule has 37 heavy (non-hydrogen) atoms. The molecule has 0 aliphatic carbocycles. The highest BCUT2D eigenvalue weighted by atomic mass is 32.2. The first-order chi connectivity index (χ1) is 17.5. The summed E-state index contributed by atoms with van der Waals surface area (Å²) in [7, 11) is -5.81. The summed E-state index contributed by atoms with van der Waals surface area (Å²) in [5, 5.41) is 9.33. The molecule has 0 fully saturated rings. The van der Waals surface area contributed by atoms with E-state index in [9.17, 15) is 31.5 Å². The van der Waals surface area contributed by atoms with Crippen molar-refractivity contribution in [2.45, 2.75) is 17.8 Å². The maximum Gasteiger partial charge on any atom is 0.534 e. The molecule has 0 bridgehead atoms. The van der Waals surface area contributed by atoms with Gasteiger partial charge in [0.05, 0.1) is 11.8 Å². The van der Waals surface area contributed by atoms with Gasteiger partial charge in [0.15, 0.2) is 5.75 Å². The van der Waals surface area contributed by atoms with Gasteiger partial charge >= 0.3 is 21.6 Å². The SMILES string of the molecule is O=C(O)c1cccc(-c2cccc(C(Cc3ccccc3)c3ccc(OS(=O)(=O)C(F)(F)F)cn3)c2)c1. The quantitative estimate of drug-likeness (QED) is 0.222. The van der Waals surface area contributed by atoms with Gasteiger partial charge < -0.3 is 9.29 Å². The second-order valence-corrected chi connectivity index (χ2v) is 9.69. The van der Waals surface area contributed by atoms with E-state index in [1.807, 2.05) is 54.6 Å². The molecule has 0 aliphatic rings. The second kappa shape index (κ2) is 10.4. The Morgan fingerprint density at radius 1 is 0.892 bits per heavy atom. The third-order valence-corrected chi connectivity index (χ3v) is 6.60. The Bertz CT molecular complexity index is 1510. The van der Waals surface area contributed by atoms with E-state index in [1.165, 1.54) is 12.1 Å². The van der Waals surface area contributed by atoms with Gasteiger partial charge in [0.25, 0.3) is 0 Å². The molecule has 1 atom stereocenters. The van der Waals surface area contributed by atoms with E-state index < -0.39 is 27.3 Å². The number of alkyl halides is 3. The molecule has 10 heteroatoms. The standard InChI is InChI=1S/C27H20F3NO5S/c28-27(29,30)37(34,35)36-23-12-13-25(31-17-23)24(14-18-6-2-1-3-7-18)21-10-4-8-19(15-21)20-9-5-11-22(16-20)26(32)33/h1-13,15-17,24H,14H2,(H,32,33). The largest absolute Gasteiger partial charge is 0.534 e.